The second kappa shape index (κ2) is 5.70. The lowest BCUT2D eigenvalue weighted by Crippen LogP contribution is -2.11. The van der Waals surface area contributed by atoms with Gasteiger partial charge in [-0.3, -0.25) is 9.36 Å². The van der Waals surface area contributed by atoms with Gasteiger partial charge in [-0.05, 0) is 30.3 Å². The minimum Gasteiger partial charge on any atom is -0.287 e. The van der Waals surface area contributed by atoms with Crippen molar-refractivity contribution >= 4 is 16.7 Å². The monoisotopic (exact) mass is 317 g/mol. The maximum absolute atomic E-state index is 13.7. The number of fused-ring (bicyclic) bond motifs is 1. The van der Waals surface area contributed by atoms with Crippen LogP contribution in [0.4, 0.5) is 4.39 Å². The highest BCUT2D eigenvalue weighted by atomic mass is 19.1. The van der Waals surface area contributed by atoms with Crippen LogP contribution in [0, 0.1) is 5.82 Å². The van der Waals surface area contributed by atoms with Crippen LogP contribution in [0.25, 0.3) is 16.9 Å². The molecule has 5 heteroatoms. The maximum Gasteiger partial charge on any atom is 0.234 e. The quantitative estimate of drug-likeness (QED) is 0.540. The second-order valence-corrected chi connectivity index (χ2v) is 5.31. The molecule has 0 saturated heterocycles. The van der Waals surface area contributed by atoms with Crippen LogP contribution in [-0.2, 0) is 0 Å². The number of nitrogens with zero attached hydrogens (tertiary/aromatic N) is 3. The van der Waals surface area contributed by atoms with Crippen LogP contribution in [0.15, 0.2) is 73.1 Å². The number of benzene rings is 2. The Bertz CT molecular complexity index is 1030. The fraction of sp³-hybridized carbons (Fsp3) is 0. The van der Waals surface area contributed by atoms with Crippen LogP contribution >= 0.6 is 0 Å². The van der Waals surface area contributed by atoms with Crippen LogP contribution in [0.1, 0.15) is 16.1 Å². The number of halogens is 1. The molecular weight excluding hydrogens is 305 g/mol. The summed E-state index contributed by atoms with van der Waals surface area (Å²) in [5.74, 6) is -0.214. The molecule has 0 atom stereocenters. The zero-order valence-electron chi connectivity index (χ0n) is 12.6. The molecule has 0 spiro atoms. The van der Waals surface area contributed by atoms with Gasteiger partial charge in [0.05, 0.1) is 11.2 Å². The molecule has 2 aromatic carbocycles. The van der Waals surface area contributed by atoms with E-state index in [0.717, 1.165) is 5.39 Å². The van der Waals surface area contributed by atoms with Gasteiger partial charge in [0, 0.05) is 23.3 Å². The van der Waals surface area contributed by atoms with Crippen molar-refractivity contribution in [2.45, 2.75) is 0 Å². The topological polar surface area (TPSA) is 47.8 Å². The van der Waals surface area contributed by atoms with Gasteiger partial charge < -0.3 is 0 Å². The number of rotatable bonds is 3. The zero-order valence-corrected chi connectivity index (χ0v) is 12.6. The largest absolute Gasteiger partial charge is 0.287 e. The lowest BCUT2D eigenvalue weighted by molar-refractivity contribution is 0.103. The molecule has 0 aliphatic carbocycles. The number of carbonyl (C=O) groups excluding carboxylic acids is 1. The SMILES string of the molecule is O=C(c1ccccc1)c1cc2ccc(F)cc2n1-c1ncccn1. The van der Waals surface area contributed by atoms with E-state index in [-0.39, 0.29) is 11.6 Å². The standard InChI is InChI=1S/C19H12FN3O/c20-15-8-7-14-11-17(18(24)13-5-2-1-3-6-13)23(16(14)12-15)19-21-9-4-10-22-19/h1-12H. The Labute approximate surface area is 137 Å². The summed E-state index contributed by atoms with van der Waals surface area (Å²) >= 11 is 0. The lowest BCUT2D eigenvalue weighted by atomic mass is 10.1. The van der Waals surface area contributed by atoms with E-state index in [4.69, 9.17) is 0 Å². The van der Waals surface area contributed by atoms with Crippen LogP contribution < -0.4 is 0 Å². The average Bonchev–Trinajstić information content (AvgIpc) is 3.01. The third-order valence-corrected chi connectivity index (χ3v) is 3.79. The Morgan fingerprint density at radius 1 is 0.917 bits per heavy atom. The second-order valence-electron chi connectivity index (χ2n) is 5.31. The Morgan fingerprint density at radius 2 is 1.67 bits per heavy atom. The molecule has 0 unspecified atom stereocenters. The predicted octanol–water partition coefficient (Wildman–Crippen LogP) is 3.79. The normalized spacial score (nSPS) is 10.9. The van der Waals surface area contributed by atoms with Crippen molar-refractivity contribution in [1.82, 2.24) is 14.5 Å². The number of hydrogen-bond donors (Lipinski definition) is 0. The maximum atomic E-state index is 13.7. The van der Waals surface area contributed by atoms with Crippen LogP contribution in [0.2, 0.25) is 0 Å². The molecule has 2 heterocycles. The summed E-state index contributed by atoms with van der Waals surface area (Å²) in [5.41, 5.74) is 1.51. The highest BCUT2D eigenvalue weighted by molar-refractivity contribution is 6.11. The van der Waals surface area contributed by atoms with E-state index in [1.165, 1.54) is 12.1 Å². The van der Waals surface area contributed by atoms with Gasteiger partial charge in [-0.25, -0.2) is 14.4 Å². The third kappa shape index (κ3) is 2.36. The van der Waals surface area contributed by atoms with E-state index < -0.39 is 0 Å². The molecule has 0 radical (unpaired) electrons. The number of hydrogen-bond acceptors (Lipinski definition) is 3. The van der Waals surface area contributed by atoms with Gasteiger partial charge in [0.1, 0.15) is 5.82 Å². The summed E-state index contributed by atoms with van der Waals surface area (Å²) in [4.78, 5) is 21.4. The molecule has 4 rings (SSSR count). The van der Waals surface area contributed by atoms with Gasteiger partial charge in [0.15, 0.2) is 0 Å². The molecule has 0 N–H and O–H groups in total. The smallest absolute Gasteiger partial charge is 0.234 e. The number of carbonyl (C=O) groups is 1. The highest BCUT2D eigenvalue weighted by Gasteiger charge is 2.19. The van der Waals surface area contributed by atoms with Crippen LogP contribution in [0.3, 0.4) is 0 Å². The van der Waals surface area contributed by atoms with Crippen molar-refractivity contribution in [2.75, 3.05) is 0 Å². The molecule has 0 aliphatic heterocycles. The summed E-state index contributed by atoms with van der Waals surface area (Å²) in [6, 6.07) is 16.8. The van der Waals surface area contributed by atoms with Crippen molar-refractivity contribution in [3.05, 3.63) is 90.1 Å². The van der Waals surface area contributed by atoms with E-state index >= 15 is 0 Å². The summed E-state index contributed by atoms with van der Waals surface area (Å²) in [5, 5.41) is 0.753. The zero-order chi connectivity index (χ0) is 16.5. The van der Waals surface area contributed by atoms with Gasteiger partial charge in [0.25, 0.3) is 0 Å². The first-order chi connectivity index (χ1) is 11.7. The van der Waals surface area contributed by atoms with Gasteiger partial charge in [-0.15, -0.1) is 0 Å². The Morgan fingerprint density at radius 3 is 2.42 bits per heavy atom. The van der Waals surface area contributed by atoms with Crippen LogP contribution in [-0.4, -0.2) is 20.3 Å². The summed E-state index contributed by atoms with van der Waals surface area (Å²) in [7, 11) is 0. The van der Waals surface area contributed by atoms with Gasteiger partial charge in [0.2, 0.25) is 11.7 Å². The fourth-order valence-corrected chi connectivity index (χ4v) is 2.70. The average molecular weight is 317 g/mol. The summed E-state index contributed by atoms with van der Waals surface area (Å²) < 4.78 is 15.3. The molecule has 0 fully saturated rings. The van der Waals surface area contributed by atoms with Gasteiger partial charge in [-0.1, -0.05) is 30.3 Å². The lowest BCUT2D eigenvalue weighted by Gasteiger charge is -2.08. The van der Waals surface area contributed by atoms with E-state index in [0.29, 0.717) is 22.7 Å². The molecule has 24 heavy (non-hydrogen) atoms. The van der Waals surface area contributed by atoms with Crippen molar-refractivity contribution in [3.63, 3.8) is 0 Å². The Hall–Kier alpha value is -3.34. The first-order valence-corrected chi connectivity index (χ1v) is 7.42. The van der Waals surface area contributed by atoms with Crippen molar-refractivity contribution < 1.29 is 9.18 Å². The highest BCUT2D eigenvalue weighted by Crippen LogP contribution is 2.25. The van der Waals surface area contributed by atoms with Crippen molar-refractivity contribution in [3.8, 4) is 5.95 Å². The molecule has 0 bridgehead atoms. The molecule has 2 aromatic heterocycles. The summed E-state index contributed by atoms with van der Waals surface area (Å²) in [6.07, 6.45) is 3.18. The first kappa shape index (κ1) is 14.3. The van der Waals surface area contributed by atoms with Crippen molar-refractivity contribution in [1.29, 1.82) is 0 Å². The molecule has 0 saturated carbocycles. The number of ketones is 1. The first-order valence-electron chi connectivity index (χ1n) is 7.42. The van der Waals surface area contributed by atoms with E-state index in [9.17, 15) is 9.18 Å². The molecule has 0 aliphatic rings. The molecule has 116 valence electrons. The minimum absolute atomic E-state index is 0.167. The summed E-state index contributed by atoms with van der Waals surface area (Å²) in [6.45, 7) is 0. The predicted molar refractivity (Wildman–Crippen MR) is 88.7 cm³/mol. The van der Waals surface area contributed by atoms with E-state index in [1.807, 2.05) is 6.07 Å². The van der Waals surface area contributed by atoms with Gasteiger partial charge in [-0.2, -0.15) is 0 Å². The Kier molecular flexibility index (Phi) is 3.39. The molecule has 4 nitrogen and oxygen atoms in total. The third-order valence-electron chi connectivity index (χ3n) is 3.79. The van der Waals surface area contributed by atoms with Crippen LogP contribution in [0.5, 0.6) is 0 Å². The molecule has 4 aromatic rings. The fourth-order valence-electron chi connectivity index (χ4n) is 2.70. The number of aromatic nitrogens is 3. The molecule has 0 amide bonds. The van der Waals surface area contributed by atoms with E-state index in [1.54, 1.807) is 59.4 Å². The Balaban J connectivity index is 2.00. The minimum atomic E-state index is -0.378. The molecular formula is C19H12FN3O. The van der Waals surface area contributed by atoms with Gasteiger partial charge >= 0.3 is 0 Å². The van der Waals surface area contributed by atoms with E-state index in [2.05, 4.69) is 9.97 Å². The van der Waals surface area contributed by atoms with Crippen molar-refractivity contribution in [2.24, 2.45) is 0 Å².